The molecule has 0 saturated carbocycles. The maximum atomic E-state index is 13.0. The van der Waals surface area contributed by atoms with E-state index in [0.717, 1.165) is 36.9 Å². The first kappa shape index (κ1) is 25.6. The van der Waals surface area contributed by atoms with Gasteiger partial charge >= 0.3 is 0 Å². The molecule has 3 amide bonds. The summed E-state index contributed by atoms with van der Waals surface area (Å²) in [5, 5.41) is 6.05. The lowest BCUT2D eigenvalue weighted by Gasteiger charge is -2.32. The number of carbonyl (C=O) groups is 3. The molecule has 2 aliphatic heterocycles. The van der Waals surface area contributed by atoms with E-state index in [9.17, 15) is 14.4 Å². The van der Waals surface area contributed by atoms with Crippen molar-refractivity contribution in [2.24, 2.45) is 0 Å². The molecule has 0 aromatic heterocycles. The van der Waals surface area contributed by atoms with E-state index in [1.54, 1.807) is 17.0 Å². The molecule has 190 valence electrons. The van der Waals surface area contributed by atoms with Gasteiger partial charge in [0.25, 0.3) is 5.91 Å². The van der Waals surface area contributed by atoms with E-state index in [-0.39, 0.29) is 23.8 Å². The number of hydrogen-bond donors (Lipinski definition) is 2. The Labute approximate surface area is 212 Å². The third kappa shape index (κ3) is 5.36. The minimum atomic E-state index is -0.637. The summed E-state index contributed by atoms with van der Waals surface area (Å²) in [5.41, 5.74) is 3.65. The van der Waals surface area contributed by atoms with Gasteiger partial charge in [0.15, 0.2) is 0 Å². The second-order valence-corrected chi connectivity index (χ2v) is 9.62. The van der Waals surface area contributed by atoms with E-state index >= 15 is 0 Å². The Morgan fingerprint density at radius 2 is 1.83 bits per heavy atom. The van der Waals surface area contributed by atoms with E-state index in [4.69, 9.17) is 4.74 Å². The van der Waals surface area contributed by atoms with E-state index in [0.29, 0.717) is 30.9 Å². The molecule has 0 spiro atoms. The normalized spacial score (nSPS) is 17.7. The van der Waals surface area contributed by atoms with Gasteiger partial charge in [-0.15, -0.1) is 6.58 Å². The number of nitrogens with one attached hydrogen (secondary N) is 2. The predicted octanol–water partition coefficient (Wildman–Crippen LogP) is 4.25. The molecule has 2 aromatic rings. The average Bonchev–Trinajstić information content (AvgIpc) is 3.22. The number of benzene rings is 2. The standard InChI is InChI=1S/C29H35N3O4/c1-4-16-29(5-2,6-3)30-17-20-10-12-21(13-11-20)19-36-25-9-7-8-22-23(25)18-32(28(22)35)24-14-15-26(33)31-27(24)34/h4,7-13,24,30H,1,5-6,14-19H2,2-3H3,(H,31,33,34). The van der Waals surface area contributed by atoms with Crippen molar-refractivity contribution in [3.63, 3.8) is 0 Å². The van der Waals surface area contributed by atoms with Gasteiger partial charge in [-0.3, -0.25) is 19.7 Å². The van der Waals surface area contributed by atoms with Gasteiger partial charge in [-0.1, -0.05) is 50.3 Å². The number of amides is 3. The van der Waals surface area contributed by atoms with Crippen molar-refractivity contribution < 1.29 is 19.1 Å². The molecule has 7 heteroatoms. The smallest absolute Gasteiger partial charge is 0.255 e. The molecule has 1 unspecified atom stereocenters. The molecule has 1 saturated heterocycles. The molecule has 0 aliphatic carbocycles. The van der Waals surface area contributed by atoms with Crippen LogP contribution >= 0.6 is 0 Å². The van der Waals surface area contributed by atoms with Gasteiger partial charge in [0, 0.05) is 29.6 Å². The number of ether oxygens (including phenoxy) is 1. The van der Waals surface area contributed by atoms with Crippen molar-refractivity contribution in [3.05, 3.63) is 77.4 Å². The van der Waals surface area contributed by atoms with Crippen molar-refractivity contribution in [1.82, 2.24) is 15.5 Å². The first-order valence-electron chi connectivity index (χ1n) is 12.7. The Balaban J connectivity index is 1.38. The van der Waals surface area contributed by atoms with Gasteiger partial charge in [0.1, 0.15) is 18.4 Å². The van der Waals surface area contributed by atoms with Gasteiger partial charge in [-0.25, -0.2) is 0 Å². The fraction of sp³-hybridized carbons (Fsp3) is 0.414. The summed E-state index contributed by atoms with van der Waals surface area (Å²) >= 11 is 0. The topological polar surface area (TPSA) is 87.7 Å². The largest absolute Gasteiger partial charge is 0.489 e. The Kier molecular flexibility index (Phi) is 7.89. The highest BCUT2D eigenvalue weighted by molar-refractivity contribution is 6.05. The van der Waals surface area contributed by atoms with Crippen LogP contribution in [0.15, 0.2) is 55.1 Å². The molecule has 1 fully saturated rings. The lowest BCUT2D eigenvalue weighted by molar-refractivity contribution is -0.136. The molecule has 7 nitrogen and oxygen atoms in total. The summed E-state index contributed by atoms with van der Waals surface area (Å²) in [6.07, 6.45) is 5.60. The van der Waals surface area contributed by atoms with Crippen LogP contribution in [0.5, 0.6) is 5.75 Å². The number of carbonyl (C=O) groups excluding carboxylic acids is 3. The molecule has 2 aliphatic rings. The maximum Gasteiger partial charge on any atom is 0.255 e. The molecule has 2 aromatic carbocycles. The Morgan fingerprint density at radius 1 is 1.11 bits per heavy atom. The van der Waals surface area contributed by atoms with Crippen LogP contribution < -0.4 is 15.4 Å². The number of hydrogen-bond acceptors (Lipinski definition) is 5. The zero-order valence-electron chi connectivity index (χ0n) is 21.1. The number of imide groups is 1. The van der Waals surface area contributed by atoms with Gasteiger partial charge < -0.3 is 15.0 Å². The molecule has 0 bridgehead atoms. The first-order valence-corrected chi connectivity index (χ1v) is 12.7. The van der Waals surface area contributed by atoms with Gasteiger partial charge in [-0.2, -0.15) is 0 Å². The van der Waals surface area contributed by atoms with E-state index in [1.807, 2.05) is 12.1 Å². The van der Waals surface area contributed by atoms with Crippen molar-refractivity contribution in [2.45, 2.75) is 77.2 Å². The number of nitrogens with zero attached hydrogens (tertiary/aromatic N) is 1. The highest BCUT2D eigenvalue weighted by Crippen LogP contribution is 2.34. The van der Waals surface area contributed by atoms with Crippen LogP contribution in [0.4, 0.5) is 0 Å². The molecule has 2 N–H and O–H groups in total. The number of piperidine rings is 1. The zero-order chi connectivity index (χ0) is 25.7. The first-order chi connectivity index (χ1) is 17.4. The minimum absolute atomic E-state index is 0.0797. The highest BCUT2D eigenvalue weighted by atomic mass is 16.5. The van der Waals surface area contributed by atoms with Gasteiger partial charge in [0.05, 0.1) is 6.54 Å². The molecule has 1 atom stereocenters. The van der Waals surface area contributed by atoms with Crippen LogP contribution in [0.25, 0.3) is 0 Å². The maximum absolute atomic E-state index is 13.0. The van der Waals surface area contributed by atoms with Crippen LogP contribution in [-0.4, -0.2) is 34.2 Å². The highest BCUT2D eigenvalue weighted by Gasteiger charge is 2.40. The number of rotatable bonds is 11. The van der Waals surface area contributed by atoms with Crippen LogP contribution in [-0.2, 0) is 29.3 Å². The van der Waals surface area contributed by atoms with E-state index in [2.05, 4.69) is 55.3 Å². The monoisotopic (exact) mass is 489 g/mol. The van der Waals surface area contributed by atoms with Crippen LogP contribution in [0.2, 0.25) is 0 Å². The van der Waals surface area contributed by atoms with Crippen LogP contribution in [0.1, 0.15) is 73.0 Å². The summed E-state index contributed by atoms with van der Waals surface area (Å²) in [6, 6.07) is 13.1. The Bertz CT molecular complexity index is 1140. The van der Waals surface area contributed by atoms with Crippen LogP contribution in [0.3, 0.4) is 0 Å². The molecule has 4 rings (SSSR count). The van der Waals surface area contributed by atoms with Crippen LogP contribution in [0, 0.1) is 0 Å². The quantitative estimate of drug-likeness (QED) is 0.364. The number of fused-ring (bicyclic) bond motifs is 1. The lowest BCUT2D eigenvalue weighted by Crippen LogP contribution is -2.52. The third-order valence-electron chi connectivity index (χ3n) is 7.51. The molecule has 36 heavy (non-hydrogen) atoms. The third-order valence-corrected chi connectivity index (χ3v) is 7.51. The second kappa shape index (κ2) is 11.1. The summed E-state index contributed by atoms with van der Waals surface area (Å²) in [6.45, 7) is 9.78. The second-order valence-electron chi connectivity index (χ2n) is 9.62. The predicted molar refractivity (Wildman–Crippen MR) is 138 cm³/mol. The fourth-order valence-corrected chi connectivity index (χ4v) is 5.03. The summed E-state index contributed by atoms with van der Waals surface area (Å²) in [7, 11) is 0. The lowest BCUT2D eigenvalue weighted by atomic mass is 9.88. The van der Waals surface area contributed by atoms with Crippen molar-refractivity contribution >= 4 is 17.7 Å². The Morgan fingerprint density at radius 3 is 2.50 bits per heavy atom. The Hall–Kier alpha value is -3.45. The zero-order valence-corrected chi connectivity index (χ0v) is 21.1. The minimum Gasteiger partial charge on any atom is -0.489 e. The van der Waals surface area contributed by atoms with Gasteiger partial charge in [0.2, 0.25) is 11.8 Å². The molecule has 2 heterocycles. The molecular formula is C29H35N3O4. The fourth-order valence-electron chi connectivity index (χ4n) is 5.03. The van der Waals surface area contributed by atoms with E-state index < -0.39 is 11.9 Å². The molecular weight excluding hydrogens is 454 g/mol. The summed E-state index contributed by atoms with van der Waals surface area (Å²) < 4.78 is 6.12. The van der Waals surface area contributed by atoms with Gasteiger partial charge in [-0.05, 0) is 48.9 Å². The average molecular weight is 490 g/mol. The SMILES string of the molecule is C=CCC(CC)(CC)NCc1ccc(COc2cccc3c2CN(C2CCC(=O)NC2=O)C3=O)cc1. The van der Waals surface area contributed by atoms with E-state index in [1.165, 1.54) is 5.56 Å². The molecule has 0 radical (unpaired) electrons. The van der Waals surface area contributed by atoms with Crippen molar-refractivity contribution in [3.8, 4) is 5.75 Å². The summed E-state index contributed by atoms with van der Waals surface area (Å²) in [5.74, 6) is -0.267. The van der Waals surface area contributed by atoms with Crippen molar-refractivity contribution in [1.29, 1.82) is 0 Å². The summed E-state index contributed by atoms with van der Waals surface area (Å²) in [4.78, 5) is 38.4. The van der Waals surface area contributed by atoms with Crippen molar-refractivity contribution in [2.75, 3.05) is 0 Å².